The Morgan fingerprint density at radius 1 is 0.590 bits per heavy atom. The molecular weight excluding hydrogens is 546 g/mol. The largest absolute Gasteiger partial charge is 0.416 e. The lowest BCUT2D eigenvalue weighted by atomic mass is 9.83. The molecule has 0 heterocycles. The van der Waals surface area contributed by atoms with Gasteiger partial charge in [-0.25, -0.2) is 0 Å². The number of nitrogens with zero attached hydrogens (tertiary/aromatic N) is 1. The third kappa shape index (κ3) is 10.5. The van der Waals surface area contributed by atoms with Gasteiger partial charge in [-0.3, -0.25) is 10.1 Å². The molecule has 214 valence electrons. The van der Waals surface area contributed by atoms with Gasteiger partial charge in [0, 0.05) is 21.7 Å². The first-order chi connectivity index (χ1) is 17.6. The van der Waals surface area contributed by atoms with Crippen LogP contribution in [0.5, 0.6) is 0 Å². The Morgan fingerprint density at radius 3 is 1.26 bits per heavy atom. The SMILES string of the molecule is CC(C)(C)c1c(Cl)cccc1Cl.CC(C)(C)c1ccccc1C(F)(F)F.CC(C)(C)c1ccccc1[N+](=O)[O-]. The van der Waals surface area contributed by atoms with Gasteiger partial charge in [-0.2, -0.15) is 13.2 Å². The number of alkyl halides is 3. The minimum Gasteiger partial charge on any atom is -0.258 e. The highest BCUT2D eigenvalue weighted by Crippen LogP contribution is 2.37. The van der Waals surface area contributed by atoms with Gasteiger partial charge in [-0.1, -0.05) is 128 Å². The zero-order valence-corrected chi connectivity index (χ0v) is 25.5. The molecular formula is C31H38Cl2F3NO2. The zero-order chi connectivity index (χ0) is 30.4. The molecule has 0 spiro atoms. The van der Waals surface area contributed by atoms with E-state index in [1.807, 2.05) is 45.0 Å². The van der Waals surface area contributed by atoms with E-state index < -0.39 is 17.2 Å². The lowest BCUT2D eigenvalue weighted by Gasteiger charge is -2.23. The Hall–Kier alpha value is -2.57. The molecule has 8 heteroatoms. The number of benzene rings is 3. The van der Waals surface area contributed by atoms with E-state index in [0.29, 0.717) is 5.56 Å². The molecule has 0 fully saturated rings. The molecule has 39 heavy (non-hydrogen) atoms. The maximum Gasteiger partial charge on any atom is 0.416 e. The van der Waals surface area contributed by atoms with E-state index in [-0.39, 0.29) is 21.4 Å². The molecule has 3 aromatic rings. The highest BCUT2D eigenvalue weighted by molar-refractivity contribution is 6.36. The first kappa shape index (κ1) is 34.5. The molecule has 0 amide bonds. The Morgan fingerprint density at radius 2 is 0.974 bits per heavy atom. The van der Waals surface area contributed by atoms with Gasteiger partial charge in [-0.05, 0) is 45.6 Å². The highest BCUT2D eigenvalue weighted by Gasteiger charge is 2.35. The molecule has 0 N–H and O–H groups in total. The molecule has 0 radical (unpaired) electrons. The van der Waals surface area contributed by atoms with Crippen molar-refractivity contribution in [2.24, 2.45) is 0 Å². The summed E-state index contributed by atoms with van der Waals surface area (Å²) in [7, 11) is 0. The van der Waals surface area contributed by atoms with E-state index in [4.69, 9.17) is 23.2 Å². The van der Waals surface area contributed by atoms with Crippen molar-refractivity contribution >= 4 is 28.9 Å². The molecule has 0 aromatic heterocycles. The van der Waals surface area contributed by atoms with E-state index in [2.05, 4.69) is 20.8 Å². The average Bonchev–Trinajstić information content (AvgIpc) is 2.77. The van der Waals surface area contributed by atoms with Gasteiger partial charge in [0.1, 0.15) is 0 Å². The van der Waals surface area contributed by atoms with Gasteiger partial charge < -0.3 is 0 Å². The van der Waals surface area contributed by atoms with Crippen LogP contribution in [0.1, 0.15) is 84.6 Å². The summed E-state index contributed by atoms with van der Waals surface area (Å²) in [5.74, 6) is 0. The zero-order valence-electron chi connectivity index (χ0n) is 24.0. The number of halogens is 5. The van der Waals surface area contributed by atoms with Crippen LogP contribution in [0, 0.1) is 10.1 Å². The molecule has 0 atom stereocenters. The number of hydrogen-bond donors (Lipinski definition) is 0. The Labute approximate surface area is 240 Å². The average molecular weight is 585 g/mol. The molecule has 0 aliphatic rings. The van der Waals surface area contributed by atoms with Crippen molar-refractivity contribution in [3.63, 3.8) is 0 Å². The molecule has 0 saturated carbocycles. The standard InChI is InChI=1S/C11H13F3.C10H12Cl2.C10H13NO2/c1-10(2,3)8-6-4-5-7-9(8)11(12,13)14;1-10(2,3)9-7(11)5-4-6-8(9)12;1-10(2,3)8-6-4-5-7-9(8)11(12)13/h4-7H,1-3H3;4-6H,1-3H3;4-7H,1-3H3. The third-order valence-corrected chi connectivity index (χ3v) is 6.29. The molecule has 0 unspecified atom stereocenters. The van der Waals surface area contributed by atoms with Crippen LogP contribution < -0.4 is 0 Å². The van der Waals surface area contributed by atoms with Gasteiger partial charge in [0.05, 0.1) is 10.5 Å². The second kappa shape index (κ2) is 13.2. The number of hydrogen-bond acceptors (Lipinski definition) is 2. The van der Waals surface area contributed by atoms with Gasteiger partial charge in [-0.15, -0.1) is 0 Å². The quantitative estimate of drug-likeness (QED) is 0.211. The fourth-order valence-electron chi connectivity index (χ4n) is 3.87. The van der Waals surface area contributed by atoms with Crippen LogP contribution in [-0.4, -0.2) is 4.92 Å². The fourth-order valence-corrected chi connectivity index (χ4v) is 4.83. The maximum absolute atomic E-state index is 12.6. The summed E-state index contributed by atoms with van der Waals surface area (Å²) in [6, 6.07) is 18.2. The first-order valence-corrected chi connectivity index (χ1v) is 13.2. The Balaban J connectivity index is 0.000000293. The van der Waals surface area contributed by atoms with Gasteiger partial charge in [0.25, 0.3) is 5.69 Å². The lowest BCUT2D eigenvalue weighted by molar-refractivity contribution is -0.386. The summed E-state index contributed by atoms with van der Waals surface area (Å²) in [4.78, 5) is 10.3. The molecule has 0 aliphatic heterocycles. The van der Waals surface area contributed by atoms with Crippen molar-refractivity contribution in [1.29, 1.82) is 0 Å². The molecule has 3 aromatic carbocycles. The minimum atomic E-state index is -4.26. The van der Waals surface area contributed by atoms with Crippen molar-refractivity contribution in [2.45, 2.75) is 84.7 Å². The van der Waals surface area contributed by atoms with Gasteiger partial charge in [0.15, 0.2) is 0 Å². The predicted molar refractivity (Wildman–Crippen MR) is 157 cm³/mol. The first-order valence-electron chi connectivity index (χ1n) is 12.4. The van der Waals surface area contributed by atoms with Crippen molar-refractivity contribution in [1.82, 2.24) is 0 Å². The fraction of sp³-hybridized carbons (Fsp3) is 0.419. The highest BCUT2D eigenvalue weighted by atomic mass is 35.5. The van der Waals surface area contributed by atoms with Gasteiger partial charge in [0.2, 0.25) is 0 Å². The van der Waals surface area contributed by atoms with E-state index >= 15 is 0 Å². The second-order valence-corrected chi connectivity index (χ2v) is 13.0. The number of nitro groups is 1. The summed E-state index contributed by atoms with van der Waals surface area (Å²) in [5, 5.41) is 12.2. The summed E-state index contributed by atoms with van der Waals surface area (Å²) in [6.45, 7) is 17.5. The van der Waals surface area contributed by atoms with Crippen LogP contribution in [0.3, 0.4) is 0 Å². The predicted octanol–water partition coefficient (Wildman–Crippen LogP) is 11.2. The molecule has 0 saturated heterocycles. The number of para-hydroxylation sites is 1. The van der Waals surface area contributed by atoms with Crippen molar-refractivity contribution in [2.75, 3.05) is 0 Å². The summed E-state index contributed by atoms with van der Waals surface area (Å²) < 4.78 is 37.7. The van der Waals surface area contributed by atoms with Crippen LogP contribution in [0.25, 0.3) is 0 Å². The van der Waals surface area contributed by atoms with Crippen LogP contribution in [-0.2, 0) is 22.4 Å². The van der Waals surface area contributed by atoms with Gasteiger partial charge >= 0.3 is 6.18 Å². The number of nitro benzene ring substituents is 1. The molecule has 0 aliphatic carbocycles. The lowest BCUT2D eigenvalue weighted by Crippen LogP contribution is -2.19. The second-order valence-electron chi connectivity index (χ2n) is 12.2. The maximum atomic E-state index is 12.6. The molecule has 3 rings (SSSR count). The topological polar surface area (TPSA) is 43.1 Å². The minimum absolute atomic E-state index is 0.00935. The summed E-state index contributed by atoms with van der Waals surface area (Å²) in [6.07, 6.45) is -4.26. The van der Waals surface area contributed by atoms with E-state index in [0.717, 1.165) is 27.2 Å². The summed E-state index contributed by atoms with van der Waals surface area (Å²) >= 11 is 12.1. The van der Waals surface area contributed by atoms with Crippen LogP contribution in [0.2, 0.25) is 10.0 Å². The smallest absolute Gasteiger partial charge is 0.258 e. The third-order valence-electron chi connectivity index (χ3n) is 5.66. The molecule has 3 nitrogen and oxygen atoms in total. The monoisotopic (exact) mass is 583 g/mol. The van der Waals surface area contributed by atoms with Crippen LogP contribution >= 0.6 is 23.2 Å². The van der Waals surface area contributed by atoms with Crippen molar-refractivity contribution in [3.05, 3.63) is 109 Å². The van der Waals surface area contributed by atoms with Crippen molar-refractivity contribution < 1.29 is 18.1 Å². The van der Waals surface area contributed by atoms with E-state index in [1.165, 1.54) is 12.1 Å². The summed E-state index contributed by atoms with van der Waals surface area (Å²) in [5.41, 5.74) is 1.16. The number of rotatable bonds is 1. The van der Waals surface area contributed by atoms with Crippen molar-refractivity contribution in [3.8, 4) is 0 Å². The van der Waals surface area contributed by atoms with E-state index in [1.54, 1.807) is 45.0 Å². The van der Waals surface area contributed by atoms with Crippen LogP contribution in [0.4, 0.5) is 18.9 Å². The Kier molecular flexibility index (Phi) is 11.7. The van der Waals surface area contributed by atoms with E-state index in [9.17, 15) is 23.3 Å². The van der Waals surface area contributed by atoms with Crippen LogP contribution in [0.15, 0.2) is 66.7 Å². The Bertz CT molecular complexity index is 1200. The normalized spacial score (nSPS) is 12.1. The molecule has 0 bridgehead atoms.